The highest BCUT2D eigenvalue weighted by molar-refractivity contribution is 5.92. The first-order valence-corrected chi connectivity index (χ1v) is 7.27. The Balaban J connectivity index is 2.71. The zero-order chi connectivity index (χ0) is 16.5. The van der Waals surface area contributed by atoms with Crippen LogP contribution in [0.3, 0.4) is 0 Å². The summed E-state index contributed by atoms with van der Waals surface area (Å²) in [6.45, 7) is 7.71. The summed E-state index contributed by atoms with van der Waals surface area (Å²) in [4.78, 5) is 24.1. The van der Waals surface area contributed by atoms with Crippen molar-refractivity contribution in [3.63, 3.8) is 0 Å². The molecule has 1 aromatic heterocycles. The van der Waals surface area contributed by atoms with E-state index in [2.05, 4.69) is 0 Å². The number of aromatic nitrogens is 1. The van der Waals surface area contributed by atoms with E-state index in [-0.39, 0.29) is 6.61 Å². The van der Waals surface area contributed by atoms with Gasteiger partial charge in [-0.1, -0.05) is 39.0 Å². The van der Waals surface area contributed by atoms with Crippen LogP contribution in [0.5, 0.6) is 0 Å². The van der Waals surface area contributed by atoms with Crippen LogP contribution < -0.4 is 0 Å². The molecule has 1 aromatic carbocycles. The minimum Gasteiger partial charge on any atom is -0.465 e. The Morgan fingerprint density at radius 3 is 2.45 bits per heavy atom. The van der Waals surface area contributed by atoms with E-state index in [1.54, 1.807) is 25.1 Å². The lowest BCUT2D eigenvalue weighted by molar-refractivity contribution is -0.147. The number of ether oxygens (including phenoxy) is 1. The van der Waals surface area contributed by atoms with Crippen molar-refractivity contribution < 1.29 is 19.4 Å². The number of benzene rings is 1. The van der Waals surface area contributed by atoms with E-state index in [9.17, 15) is 14.7 Å². The van der Waals surface area contributed by atoms with Gasteiger partial charge in [0.15, 0.2) is 0 Å². The standard InChI is InChI=1S/C17H21NO4/c1-5-22-15(19)14(17(2,3)4)13-10-11-8-6-7-9-12(11)18(13)16(20)21/h6-10,14H,5H2,1-4H3,(H,20,21). The summed E-state index contributed by atoms with van der Waals surface area (Å²) in [5.74, 6) is -1.06. The summed E-state index contributed by atoms with van der Waals surface area (Å²) in [6.07, 6.45) is -1.10. The van der Waals surface area contributed by atoms with E-state index in [4.69, 9.17) is 4.74 Å². The van der Waals surface area contributed by atoms with Gasteiger partial charge in [-0.15, -0.1) is 0 Å². The SMILES string of the molecule is CCOC(=O)C(c1cc2ccccc2n1C(=O)O)C(C)(C)C. The van der Waals surface area contributed by atoms with Gasteiger partial charge in [0.05, 0.1) is 12.1 Å². The van der Waals surface area contributed by atoms with E-state index < -0.39 is 23.4 Å². The third-order valence-corrected chi connectivity index (χ3v) is 3.61. The number of esters is 1. The predicted octanol–water partition coefficient (Wildman–Crippen LogP) is 3.86. The molecule has 1 N–H and O–H groups in total. The molecule has 1 heterocycles. The van der Waals surface area contributed by atoms with Gasteiger partial charge in [-0.3, -0.25) is 4.79 Å². The summed E-state index contributed by atoms with van der Waals surface area (Å²) in [7, 11) is 0. The summed E-state index contributed by atoms with van der Waals surface area (Å²) in [5, 5.41) is 10.4. The van der Waals surface area contributed by atoms with Gasteiger partial charge >= 0.3 is 12.1 Å². The van der Waals surface area contributed by atoms with Gasteiger partial charge in [-0.05, 0) is 24.5 Å². The fourth-order valence-electron chi connectivity index (χ4n) is 2.75. The fourth-order valence-corrected chi connectivity index (χ4v) is 2.75. The van der Waals surface area contributed by atoms with E-state index in [0.717, 1.165) is 5.39 Å². The minimum atomic E-state index is -1.10. The molecular formula is C17H21NO4. The van der Waals surface area contributed by atoms with Crippen LogP contribution in [0, 0.1) is 5.41 Å². The molecule has 2 aromatic rings. The van der Waals surface area contributed by atoms with Crippen LogP contribution in [0.15, 0.2) is 30.3 Å². The highest BCUT2D eigenvalue weighted by Gasteiger charge is 2.37. The first kappa shape index (κ1) is 16.1. The summed E-state index contributed by atoms with van der Waals surface area (Å²) < 4.78 is 6.35. The third-order valence-electron chi connectivity index (χ3n) is 3.61. The first-order chi connectivity index (χ1) is 10.3. The monoisotopic (exact) mass is 303 g/mol. The Morgan fingerprint density at radius 1 is 1.27 bits per heavy atom. The Bertz CT molecular complexity index is 709. The van der Waals surface area contributed by atoms with Crippen LogP contribution in [-0.2, 0) is 9.53 Å². The molecule has 0 spiro atoms. The molecule has 1 atom stereocenters. The second-order valence-corrected chi connectivity index (χ2v) is 6.30. The molecule has 0 saturated carbocycles. The van der Waals surface area contributed by atoms with Crippen LogP contribution in [0.2, 0.25) is 0 Å². The van der Waals surface area contributed by atoms with Crippen LogP contribution in [0.1, 0.15) is 39.3 Å². The predicted molar refractivity (Wildman–Crippen MR) is 84.2 cm³/mol. The largest absolute Gasteiger partial charge is 0.465 e. The zero-order valence-electron chi connectivity index (χ0n) is 13.3. The number of carbonyl (C=O) groups excluding carboxylic acids is 1. The van der Waals surface area contributed by atoms with Crippen LogP contribution in [0.4, 0.5) is 4.79 Å². The van der Waals surface area contributed by atoms with Gasteiger partial charge in [-0.2, -0.15) is 0 Å². The number of carbonyl (C=O) groups is 2. The van der Waals surface area contributed by atoms with E-state index >= 15 is 0 Å². The van der Waals surface area contributed by atoms with Crippen molar-refractivity contribution in [3.8, 4) is 0 Å². The maximum absolute atomic E-state index is 12.4. The summed E-state index contributed by atoms with van der Waals surface area (Å²) in [5.41, 5.74) is 0.552. The van der Waals surface area contributed by atoms with E-state index in [1.807, 2.05) is 32.9 Å². The number of nitrogens with zero attached hydrogens (tertiary/aromatic N) is 1. The number of hydrogen-bond acceptors (Lipinski definition) is 3. The molecule has 0 saturated heterocycles. The Labute approximate surface area is 129 Å². The Morgan fingerprint density at radius 2 is 1.91 bits per heavy atom. The number of hydrogen-bond donors (Lipinski definition) is 1. The van der Waals surface area contributed by atoms with Crippen LogP contribution in [0.25, 0.3) is 10.9 Å². The minimum absolute atomic E-state index is 0.263. The maximum Gasteiger partial charge on any atom is 0.416 e. The highest BCUT2D eigenvalue weighted by Crippen LogP contribution is 2.38. The molecule has 0 radical (unpaired) electrons. The van der Waals surface area contributed by atoms with Gasteiger partial charge in [0.25, 0.3) is 0 Å². The molecule has 0 aliphatic carbocycles. The molecule has 1 unspecified atom stereocenters. The van der Waals surface area contributed by atoms with Gasteiger partial charge in [0.1, 0.15) is 5.92 Å². The molecule has 0 aliphatic heterocycles. The number of para-hydroxylation sites is 1. The Kier molecular flexibility index (Phi) is 4.26. The first-order valence-electron chi connectivity index (χ1n) is 7.27. The lowest BCUT2D eigenvalue weighted by Crippen LogP contribution is -2.31. The molecule has 0 aliphatic rings. The number of carboxylic acid groups (broad SMARTS) is 1. The Hall–Kier alpha value is -2.30. The highest BCUT2D eigenvalue weighted by atomic mass is 16.5. The fraction of sp³-hybridized carbons (Fsp3) is 0.412. The summed E-state index contributed by atoms with van der Waals surface area (Å²) >= 11 is 0. The molecule has 5 nitrogen and oxygen atoms in total. The number of fused-ring (bicyclic) bond motifs is 1. The smallest absolute Gasteiger partial charge is 0.416 e. The topological polar surface area (TPSA) is 68.5 Å². The van der Waals surface area contributed by atoms with Crippen molar-refractivity contribution in [3.05, 3.63) is 36.0 Å². The van der Waals surface area contributed by atoms with Crippen molar-refractivity contribution >= 4 is 23.0 Å². The molecule has 5 heteroatoms. The molecule has 118 valence electrons. The van der Waals surface area contributed by atoms with E-state index in [0.29, 0.717) is 11.2 Å². The van der Waals surface area contributed by atoms with Crippen LogP contribution in [-0.4, -0.2) is 28.3 Å². The van der Waals surface area contributed by atoms with Crippen molar-refractivity contribution in [2.75, 3.05) is 6.61 Å². The molecular weight excluding hydrogens is 282 g/mol. The van der Waals surface area contributed by atoms with Gasteiger partial charge < -0.3 is 9.84 Å². The quantitative estimate of drug-likeness (QED) is 0.874. The van der Waals surface area contributed by atoms with Gasteiger partial charge in [0.2, 0.25) is 0 Å². The van der Waals surface area contributed by atoms with E-state index in [1.165, 1.54) is 4.57 Å². The molecule has 0 fully saturated rings. The van der Waals surface area contributed by atoms with Crippen molar-refractivity contribution in [2.24, 2.45) is 5.41 Å². The average Bonchev–Trinajstić information content (AvgIpc) is 2.75. The maximum atomic E-state index is 12.4. The van der Waals surface area contributed by atoms with Crippen molar-refractivity contribution in [2.45, 2.75) is 33.6 Å². The number of rotatable bonds is 3. The second kappa shape index (κ2) is 5.83. The lowest BCUT2D eigenvalue weighted by atomic mass is 9.78. The van der Waals surface area contributed by atoms with Crippen molar-refractivity contribution in [1.82, 2.24) is 4.57 Å². The summed E-state index contributed by atoms with van der Waals surface area (Å²) in [6, 6.07) is 8.95. The van der Waals surface area contributed by atoms with Gasteiger partial charge in [-0.25, -0.2) is 9.36 Å². The second-order valence-electron chi connectivity index (χ2n) is 6.30. The van der Waals surface area contributed by atoms with Gasteiger partial charge in [0, 0.05) is 11.1 Å². The van der Waals surface area contributed by atoms with Crippen LogP contribution >= 0.6 is 0 Å². The van der Waals surface area contributed by atoms with Crippen molar-refractivity contribution in [1.29, 1.82) is 0 Å². The molecule has 0 bridgehead atoms. The zero-order valence-corrected chi connectivity index (χ0v) is 13.3. The molecule has 0 amide bonds. The normalized spacial score (nSPS) is 13.1. The lowest BCUT2D eigenvalue weighted by Gasteiger charge is -2.29. The molecule has 22 heavy (non-hydrogen) atoms. The average molecular weight is 303 g/mol. The third kappa shape index (κ3) is 2.84. The molecule has 2 rings (SSSR count).